The van der Waals surface area contributed by atoms with E-state index in [9.17, 15) is 0 Å². The molecule has 0 fully saturated rings. The molecule has 0 saturated carbocycles. The molecule has 3 rings (SSSR count). The van der Waals surface area contributed by atoms with Crippen molar-refractivity contribution < 1.29 is 0 Å². The summed E-state index contributed by atoms with van der Waals surface area (Å²) in [6.45, 7) is 0. The van der Waals surface area contributed by atoms with Crippen LogP contribution in [0.3, 0.4) is 0 Å². The fourth-order valence-electron chi connectivity index (χ4n) is 2.34. The molecule has 0 spiro atoms. The number of thiocarbonyl (C=S) groups is 1. The molecule has 0 saturated heterocycles. The molecule has 0 bridgehead atoms. The molecule has 1 heterocycles. The summed E-state index contributed by atoms with van der Waals surface area (Å²) in [5.41, 5.74) is 3.66. The lowest BCUT2D eigenvalue weighted by Crippen LogP contribution is -2.18. The lowest BCUT2D eigenvalue weighted by atomic mass is 10.0. The molecular weight excluding hydrogens is 240 g/mol. The van der Waals surface area contributed by atoms with Crippen molar-refractivity contribution in [2.75, 3.05) is 0 Å². The van der Waals surface area contributed by atoms with Crippen LogP contribution in [-0.4, -0.2) is 5.11 Å². The zero-order valence-electron chi connectivity index (χ0n) is 8.53. The fourth-order valence-corrected chi connectivity index (χ4v) is 2.78. The summed E-state index contributed by atoms with van der Waals surface area (Å²) in [5.74, 6) is 0.419. The van der Waals surface area contributed by atoms with Crippen LogP contribution >= 0.6 is 23.8 Å². The SMILES string of the molecule is S=C1[N]C(C2Cc3cccc(Cl)c3C2)=CN1. The van der Waals surface area contributed by atoms with Crippen LogP contribution in [0.25, 0.3) is 0 Å². The van der Waals surface area contributed by atoms with E-state index in [1.54, 1.807) is 0 Å². The average Bonchev–Trinajstić information content (AvgIpc) is 2.84. The highest BCUT2D eigenvalue weighted by Crippen LogP contribution is 2.35. The van der Waals surface area contributed by atoms with Crippen molar-refractivity contribution in [1.29, 1.82) is 0 Å². The third-order valence-corrected chi connectivity index (χ3v) is 3.69. The Balaban J connectivity index is 1.86. The van der Waals surface area contributed by atoms with Gasteiger partial charge in [-0.15, -0.1) is 0 Å². The van der Waals surface area contributed by atoms with Gasteiger partial charge in [-0.3, -0.25) is 0 Å². The van der Waals surface area contributed by atoms with Crippen LogP contribution in [0.4, 0.5) is 0 Å². The van der Waals surface area contributed by atoms with Crippen molar-refractivity contribution in [3.63, 3.8) is 0 Å². The Labute approximate surface area is 105 Å². The number of nitrogens with zero attached hydrogens (tertiary/aromatic N) is 1. The van der Waals surface area contributed by atoms with Gasteiger partial charge in [0.15, 0.2) is 5.11 Å². The van der Waals surface area contributed by atoms with Crippen LogP contribution in [0, 0.1) is 5.92 Å². The number of hydrogen-bond acceptors (Lipinski definition) is 1. The highest BCUT2D eigenvalue weighted by molar-refractivity contribution is 7.80. The quantitative estimate of drug-likeness (QED) is 0.774. The van der Waals surface area contributed by atoms with E-state index < -0.39 is 0 Å². The van der Waals surface area contributed by atoms with Crippen molar-refractivity contribution in [2.45, 2.75) is 12.8 Å². The molecule has 81 valence electrons. The predicted molar refractivity (Wildman–Crippen MR) is 68.3 cm³/mol. The van der Waals surface area contributed by atoms with Gasteiger partial charge in [0.25, 0.3) is 0 Å². The van der Waals surface area contributed by atoms with Crippen molar-refractivity contribution in [1.82, 2.24) is 10.6 Å². The highest BCUT2D eigenvalue weighted by atomic mass is 35.5. The summed E-state index contributed by atoms with van der Waals surface area (Å²) < 4.78 is 0. The maximum Gasteiger partial charge on any atom is 0.197 e. The Morgan fingerprint density at radius 3 is 2.94 bits per heavy atom. The van der Waals surface area contributed by atoms with Crippen molar-refractivity contribution in [3.05, 3.63) is 46.2 Å². The van der Waals surface area contributed by atoms with E-state index in [2.05, 4.69) is 16.7 Å². The predicted octanol–water partition coefficient (Wildman–Crippen LogP) is 2.39. The van der Waals surface area contributed by atoms with Crippen molar-refractivity contribution in [3.8, 4) is 0 Å². The number of benzene rings is 1. The van der Waals surface area contributed by atoms with Crippen LogP contribution in [-0.2, 0) is 12.8 Å². The molecule has 1 unspecified atom stereocenters. The van der Waals surface area contributed by atoms with Crippen LogP contribution in [0.15, 0.2) is 30.1 Å². The number of halogens is 1. The molecule has 1 aromatic carbocycles. The Hall–Kier alpha value is -1.06. The molecule has 2 aliphatic rings. The van der Waals surface area contributed by atoms with Crippen LogP contribution in [0.1, 0.15) is 11.1 Å². The smallest absolute Gasteiger partial charge is 0.197 e. The van der Waals surface area contributed by atoms with Crippen LogP contribution in [0.2, 0.25) is 5.02 Å². The van der Waals surface area contributed by atoms with E-state index in [0.717, 1.165) is 23.6 Å². The maximum atomic E-state index is 6.18. The Morgan fingerprint density at radius 1 is 1.38 bits per heavy atom. The molecule has 0 amide bonds. The van der Waals surface area contributed by atoms with Gasteiger partial charge in [-0.1, -0.05) is 23.7 Å². The first-order chi connectivity index (χ1) is 7.74. The minimum Gasteiger partial charge on any atom is -0.336 e. The van der Waals surface area contributed by atoms with Gasteiger partial charge in [0.05, 0.1) is 5.70 Å². The van der Waals surface area contributed by atoms with Gasteiger partial charge in [-0.05, 0) is 42.3 Å². The van der Waals surface area contributed by atoms with Gasteiger partial charge in [0.2, 0.25) is 0 Å². The number of allylic oxidation sites excluding steroid dienone is 1. The minimum absolute atomic E-state index is 0.419. The van der Waals surface area contributed by atoms with Crippen LogP contribution < -0.4 is 10.6 Å². The van der Waals surface area contributed by atoms with E-state index in [4.69, 9.17) is 23.8 Å². The van der Waals surface area contributed by atoms with E-state index >= 15 is 0 Å². The molecule has 2 nitrogen and oxygen atoms in total. The van der Waals surface area contributed by atoms with Crippen LogP contribution in [0.5, 0.6) is 0 Å². The normalized spacial score (nSPS) is 22.4. The second kappa shape index (κ2) is 3.75. The molecule has 4 heteroatoms. The first-order valence-electron chi connectivity index (χ1n) is 5.22. The molecule has 1 N–H and O–H groups in total. The van der Waals surface area contributed by atoms with E-state index in [1.807, 2.05) is 18.3 Å². The molecular formula is C12H10ClN2S. The van der Waals surface area contributed by atoms with Gasteiger partial charge in [0.1, 0.15) is 0 Å². The molecule has 1 radical (unpaired) electrons. The first-order valence-corrected chi connectivity index (χ1v) is 6.01. The van der Waals surface area contributed by atoms with Gasteiger partial charge < -0.3 is 5.32 Å². The highest BCUT2D eigenvalue weighted by Gasteiger charge is 2.29. The van der Waals surface area contributed by atoms with Gasteiger partial charge in [-0.2, -0.15) is 0 Å². The van der Waals surface area contributed by atoms with Gasteiger partial charge in [0, 0.05) is 17.1 Å². The standard InChI is InChI=1S/C12H10ClN2S/c13-10-3-1-2-7-4-8(5-9(7)10)11-6-14-12(16)15-11/h1-3,6,8H,4-5H2,(H,14,16). The Kier molecular flexibility index (Phi) is 2.37. The molecule has 1 atom stereocenters. The summed E-state index contributed by atoms with van der Waals surface area (Å²) in [5, 5.41) is 8.72. The lowest BCUT2D eigenvalue weighted by Gasteiger charge is -2.07. The summed E-state index contributed by atoms with van der Waals surface area (Å²) >= 11 is 11.2. The topological polar surface area (TPSA) is 26.1 Å². The average molecular weight is 250 g/mol. The number of nitrogens with one attached hydrogen (secondary N) is 1. The van der Waals surface area contributed by atoms with E-state index in [0.29, 0.717) is 11.0 Å². The molecule has 1 aliphatic heterocycles. The second-order valence-corrected chi connectivity index (χ2v) is 4.91. The second-order valence-electron chi connectivity index (χ2n) is 4.11. The molecule has 1 aromatic rings. The number of fused-ring (bicyclic) bond motifs is 1. The van der Waals surface area contributed by atoms with Gasteiger partial charge >= 0.3 is 0 Å². The number of rotatable bonds is 1. The van der Waals surface area contributed by atoms with Crippen molar-refractivity contribution >= 4 is 28.9 Å². The first kappa shape index (κ1) is 10.1. The summed E-state index contributed by atoms with van der Waals surface area (Å²) in [6, 6.07) is 6.10. The van der Waals surface area contributed by atoms with Crippen molar-refractivity contribution in [2.24, 2.45) is 5.92 Å². The Bertz CT molecular complexity index is 496. The lowest BCUT2D eigenvalue weighted by molar-refractivity contribution is 0.633. The van der Waals surface area contributed by atoms with E-state index in [-0.39, 0.29) is 0 Å². The largest absolute Gasteiger partial charge is 0.336 e. The molecule has 1 aliphatic carbocycles. The monoisotopic (exact) mass is 249 g/mol. The molecule has 16 heavy (non-hydrogen) atoms. The Morgan fingerprint density at radius 2 is 2.25 bits per heavy atom. The molecule has 0 aromatic heterocycles. The van der Waals surface area contributed by atoms with Gasteiger partial charge in [-0.25, -0.2) is 5.32 Å². The third-order valence-electron chi connectivity index (χ3n) is 3.13. The minimum atomic E-state index is 0.419. The third kappa shape index (κ3) is 1.60. The zero-order valence-corrected chi connectivity index (χ0v) is 10.1. The number of hydrogen-bond donors (Lipinski definition) is 1. The summed E-state index contributed by atoms with van der Waals surface area (Å²) in [7, 11) is 0. The fraction of sp³-hybridized carbons (Fsp3) is 0.250. The summed E-state index contributed by atoms with van der Waals surface area (Å²) in [6.07, 6.45) is 3.89. The zero-order chi connectivity index (χ0) is 11.1. The maximum absolute atomic E-state index is 6.18. The van der Waals surface area contributed by atoms with E-state index in [1.165, 1.54) is 11.1 Å². The summed E-state index contributed by atoms with van der Waals surface area (Å²) in [4.78, 5) is 0.